The van der Waals surface area contributed by atoms with Crippen LogP contribution in [-0.2, 0) is 4.74 Å². The van der Waals surface area contributed by atoms with Gasteiger partial charge in [-0.3, -0.25) is 0 Å². The first kappa shape index (κ1) is 12.9. The number of methoxy groups -OCH3 is 1. The van der Waals surface area contributed by atoms with Crippen molar-refractivity contribution in [2.75, 3.05) is 20.2 Å². The number of rotatable bonds is 1. The van der Waals surface area contributed by atoms with E-state index in [0.717, 1.165) is 37.5 Å². The lowest BCUT2D eigenvalue weighted by atomic mass is 9.85. The number of amidine groups is 1. The molecule has 6 aliphatic rings. The summed E-state index contributed by atoms with van der Waals surface area (Å²) in [6, 6.07) is 0. The maximum Gasteiger partial charge on any atom is 0.253 e. The Kier molecular flexibility index (Phi) is 2.76. The molecule has 3 unspecified atom stereocenters. The number of hydrazone groups is 1. The lowest BCUT2D eigenvalue weighted by molar-refractivity contribution is -0.497. The van der Waals surface area contributed by atoms with Gasteiger partial charge in [0, 0.05) is 31.7 Å². The van der Waals surface area contributed by atoms with E-state index in [1.165, 1.54) is 29.8 Å². The summed E-state index contributed by atoms with van der Waals surface area (Å²) < 4.78 is 7.97. The molecule has 0 aromatic carbocycles. The molecule has 22 heavy (non-hydrogen) atoms. The van der Waals surface area contributed by atoms with Crippen molar-refractivity contribution in [3.05, 3.63) is 23.4 Å². The fraction of sp³-hybridized carbons (Fsp3) is 0.588. The van der Waals surface area contributed by atoms with Crippen LogP contribution >= 0.6 is 0 Å². The highest BCUT2D eigenvalue weighted by Crippen LogP contribution is 2.41. The molecule has 1 aliphatic carbocycles. The van der Waals surface area contributed by atoms with Crippen molar-refractivity contribution < 1.29 is 9.42 Å². The van der Waals surface area contributed by atoms with E-state index in [-0.39, 0.29) is 6.10 Å². The molecular formula is C17H21N4O+. The summed E-state index contributed by atoms with van der Waals surface area (Å²) in [5, 5.41) is 8.51. The smallest absolute Gasteiger partial charge is 0.253 e. The van der Waals surface area contributed by atoms with Crippen LogP contribution in [0.2, 0.25) is 0 Å². The topological polar surface area (TPSA) is 49.0 Å². The predicted molar refractivity (Wildman–Crippen MR) is 85.4 cm³/mol. The molecule has 0 amide bonds. The molecule has 1 saturated heterocycles. The summed E-state index contributed by atoms with van der Waals surface area (Å²) in [6.07, 6.45) is 8.97. The summed E-state index contributed by atoms with van der Waals surface area (Å²) in [5.41, 5.74) is 5.19. The highest BCUT2D eigenvalue weighted by Gasteiger charge is 2.49. The zero-order valence-electron chi connectivity index (χ0n) is 12.9. The van der Waals surface area contributed by atoms with Crippen LogP contribution in [0.15, 0.2) is 33.5 Å². The summed E-state index contributed by atoms with van der Waals surface area (Å²) in [6.45, 7) is 2.12. The van der Waals surface area contributed by atoms with Gasteiger partial charge in [-0.2, -0.15) is 0 Å². The molecule has 0 spiro atoms. The Morgan fingerprint density at radius 2 is 2.32 bits per heavy atom. The van der Waals surface area contributed by atoms with Crippen molar-refractivity contribution in [2.45, 2.75) is 31.8 Å². The van der Waals surface area contributed by atoms with Crippen LogP contribution < -0.4 is 5.32 Å². The molecule has 6 rings (SSSR count). The number of hydrogen-bond donors (Lipinski definition) is 1. The first-order chi connectivity index (χ1) is 10.9. The van der Waals surface area contributed by atoms with Crippen molar-refractivity contribution >= 4 is 17.3 Å². The molecule has 1 fully saturated rings. The molecule has 5 nitrogen and oxygen atoms in total. The largest absolute Gasteiger partial charge is 0.366 e. The Morgan fingerprint density at radius 1 is 1.36 bits per heavy atom. The van der Waals surface area contributed by atoms with Crippen molar-refractivity contribution in [3.63, 3.8) is 0 Å². The molecule has 1 N–H and O–H groups in total. The van der Waals surface area contributed by atoms with E-state index in [1.807, 2.05) is 0 Å². The van der Waals surface area contributed by atoms with E-state index in [1.54, 1.807) is 7.11 Å². The third kappa shape index (κ3) is 1.64. The Bertz CT molecular complexity index is 697. The number of ether oxygens (including phenoxy) is 1. The number of fused-ring (bicyclic) bond motifs is 2. The predicted octanol–water partition coefficient (Wildman–Crippen LogP) is 1.47. The zero-order chi connectivity index (χ0) is 14.7. The minimum absolute atomic E-state index is 0.000913. The van der Waals surface area contributed by atoms with E-state index in [0.29, 0.717) is 11.8 Å². The Labute approximate surface area is 130 Å². The molecule has 0 aromatic heterocycles. The second-order valence-electron chi connectivity index (χ2n) is 6.71. The van der Waals surface area contributed by atoms with Crippen molar-refractivity contribution in [3.8, 4) is 0 Å². The van der Waals surface area contributed by atoms with Gasteiger partial charge in [0.2, 0.25) is 5.84 Å². The number of nitrogens with one attached hydrogen (secondary N) is 1. The monoisotopic (exact) mass is 297 g/mol. The third-order valence-corrected chi connectivity index (χ3v) is 5.57. The van der Waals surface area contributed by atoms with Gasteiger partial charge in [-0.05, 0) is 25.0 Å². The number of nitrogens with zero attached hydrogens (tertiary/aromatic N) is 3. The summed E-state index contributed by atoms with van der Waals surface area (Å²) in [5.74, 6) is 1.99. The van der Waals surface area contributed by atoms with Gasteiger partial charge in [0.05, 0.1) is 23.1 Å². The molecule has 4 bridgehead atoms. The minimum atomic E-state index is 0.000913. The standard InChI is InChI=1S/C17H21N4O/c1-22-14-6-5-12-15-11-4-2-3-10-9-18-8-7-13(10)21(16(14)15)20-17(11)19-12/h5-6,10-11,14,18H,2-4,7-9H2,1H3/q+1/b21-13+. The zero-order valence-corrected chi connectivity index (χ0v) is 12.9. The first-order valence-electron chi connectivity index (χ1n) is 8.36. The highest BCUT2D eigenvalue weighted by atomic mass is 16.5. The Balaban J connectivity index is 1.76. The van der Waals surface area contributed by atoms with Crippen LogP contribution in [0, 0.1) is 11.8 Å². The fourth-order valence-corrected chi connectivity index (χ4v) is 4.53. The van der Waals surface area contributed by atoms with Gasteiger partial charge in [-0.15, -0.1) is 0 Å². The van der Waals surface area contributed by atoms with Gasteiger partial charge >= 0.3 is 0 Å². The molecule has 5 heterocycles. The van der Waals surface area contributed by atoms with E-state index >= 15 is 0 Å². The molecule has 3 atom stereocenters. The third-order valence-electron chi connectivity index (χ3n) is 5.57. The van der Waals surface area contributed by atoms with Crippen molar-refractivity contribution in [1.82, 2.24) is 5.32 Å². The minimum Gasteiger partial charge on any atom is -0.366 e. The second kappa shape index (κ2) is 4.70. The molecule has 0 aromatic rings. The summed E-state index contributed by atoms with van der Waals surface area (Å²) >= 11 is 0. The molecule has 0 saturated carbocycles. The molecule has 0 radical (unpaired) electrons. The van der Waals surface area contributed by atoms with Crippen LogP contribution in [0.25, 0.3) is 0 Å². The van der Waals surface area contributed by atoms with Crippen LogP contribution in [-0.4, -0.2) is 48.2 Å². The van der Waals surface area contributed by atoms with E-state index in [9.17, 15) is 0 Å². The lowest BCUT2D eigenvalue weighted by Crippen LogP contribution is -2.42. The van der Waals surface area contributed by atoms with E-state index in [4.69, 9.17) is 14.8 Å². The van der Waals surface area contributed by atoms with E-state index < -0.39 is 0 Å². The molecule has 114 valence electrons. The van der Waals surface area contributed by atoms with Gasteiger partial charge in [0.15, 0.2) is 11.8 Å². The van der Waals surface area contributed by atoms with Gasteiger partial charge < -0.3 is 10.1 Å². The van der Waals surface area contributed by atoms with Gasteiger partial charge in [0.25, 0.3) is 5.70 Å². The van der Waals surface area contributed by atoms with Gasteiger partial charge in [-0.1, -0.05) is 11.1 Å². The average molecular weight is 297 g/mol. The number of piperidine rings is 1. The number of aliphatic imine (C=N–C) groups is 1. The summed E-state index contributed by atoms with van der Waals surface area (Å²) in [4.78, 5) is 4.80. The number of allylic oxidation sites excluding steroid dienone is 1. The normalized spacial score (nSPS) is 39.0. The van der Waals surface area contributed by atoms with Crippen LogP contribution in [0.1, 0.15) is 25.7 Å². The maximum absolute atomic E-state index is 5.76. The molecule has 5 heteroatoms. The maximum atomic E-state index is 5.76. The Hall–Kier alpha value is -1.59. The Morgan fingerprint density at radius 3 is 3.23 bits per heavy atom. The first-order valence-corrected chi connectivity index (χ1v) is 8.36. The van der Waals surface area contributed by atoms with Crippen LogP contribution in [0.4, 0.5) is 0 Å². The SMILES string of the molecule is COC1C=CC2=NC3=N/[N+]4=C5\CCNCC5CCCC3C2=C14. The highest BCUT2D eigenvalue weighted by molar-refractivity contribution is 6.23. The second-order valence-corrected chi connectivity index (χ2v) is 6.71. The fourth-order valence-electron chi connectivity index (χ4n) is 4.53. The van der Waals surface area contributed by atoms with Crippen LogP contribution in [0.5, 0.6) is 0 Å². The number of hydrogen-bond acceptors (Lipinski definition) is 4. The summed E-state index contributed by atoms with van der Waals surface area (Å²) in [7, 11) is 1.79. The molecular weight excluding hydrogens is 276 g/mol. The molecule has 5 aliphatic heterocycles. The van der Waals surface area contributed by atoms with Gasteiger partial charge in [0.1, 0.15) is 0 Å². The van der Waals surface area contributed by atoms with Crippen LogP contribution in [0.3, 0.4) is 0 Å². The van der Waals surface area contributed by atoms with Gasteiger partial charge in [-0.25, -0.2) is 4.99 Å². The quantitative estimate of drug-likeness (QED) is 0.745. The lowest BCUT2D eigenvalue weighted by Gasteiger charge is -2.25. The van der Waals surface area contributed by atoms with Crippen molar-refractivity contribution in [1.29, 1.82) is 0 Å². The van der Waals surface area contributed by atoms with E-state index in [2.05, 4.69) is 22.2 Å². The van der Waals surface area contributed by atoms with Crippen molar-refractivity contribution in [2.24, 2.45) is 21.9 Å². The average Bonchev–Trinajstić information content (AvgIpc) is 2.90.